The van der Waals surface area contributed by atoms with Gasteiger partial charge in [0.25, 0.3) is 5.56 Å². The molecule has 1 aliphatic rings. The smallest absolute Gasteiger partial charge is 0.341 e. The van der Waals surface area contributed by atoms with Crippen LogP contribution < -0.4 is 5.56 Å². The SMILES string of the molecule is O=C(O)c1ccnn(C[C@@H]2CCCO2)c1=O. The predicted octanol–water partition coefficient (Wildman–Crippen LogP) is 0.121. The van der Waals surface area contributed by atoms with Gasteiger partial charge in [0.1, 0.15) is 5.56 Å². The highest BCUT2D eigenvalue weighted by molar-refractivity contribution is 5.86. The van der Waals surface area contributed by atoms with Crippen LogP contribution >= 0.6 is 0 Å². The van der Waals surface area contributed by atoms with Crippen molar-refractivity contribution in [2.24, 2.45) is 0 Å². The third-order valence-corrected chi connectivity index (χ3v) is 2.54. The summed E-state index contributed by atoms with van der Waals surface area (Å²) in [4.78, 5) is 22.4. The van der Waals surface area contributed by atoms with Gasteiger partial charge in [-0.1, -0.05) is 0 Å². The largest absolute Gasteiger partial charge is 0.477 e. The van der Waals surface area contributed by atoms with Crippen LogP contribution in [-0.4, -0.2) is 33.6 Å². The molecule has 0 aromatic carbocycles. The van der Waals surface area contributed by atoms with Crippen LogP contribution in [-0.2, 0) is 11.3 Å². The molecule has 1 aliphatic heterocycles. The van der Waals surface area contributed by atoms with Crippen molar-refractivity contribution in [2.75, 3.05) is 6.61 Å². The monoisotopic (exact) mass is 224 g/mol. The van der Waals surface area contributed by atoms with Crippen LogP contribution in [0.25, 0.3) is 0 Å². The second-order valence-corrected chi connectivity index (χ2v) is 3.67. The van der Waals surface area contributed by atoms with Gasteiger partial charge in [0, 0.05) is 12.8 Å². The van der Waals surface area contributed by atoms with Crippen molar-refractivity contribution in [1.29, 1.82) is 0 Å². The molecule has 16 heavy (non-hydrogen) atoms. The first-order valence-corrected chi connectivity index (χ1v) is 5.09. The van der Waals surface area contributed by atoms with Crippen molar-refractivity contribution in [3.8, 4) is 0 Å². The molecule has 0 saturated carbocycles. The second-order valence-electron chi connectivity index (χ2n) is 3.67. The minimum absolute atomic E-state index is 0.0331. The van der Waals surface area contributed by atoms with E-state index in [4.69, 9.17) is 9.84 Å². The molecule has 0 bridgehead atoms. The van der Waals surface area contributed by atoms with Gasteiger partial charge in [-0.2, -0.15) is 5.10 Å². The average Bonchev–Trinajstić information content (AvgIpc) is 2.73. The summed E-state index contributed by atoms with van der Waals surface area (Å²) in [7, 11) is 0. The summed E-state index contributed by atoms with van der Waals surface area (Å²) >= 11 is 0. The Balaban J connectivity index is 2.24. The maximum atomic E-state index is 11.7. The van der Waals surface area contributed by atoms with E-state index in [0.29, 0.717) is 13.2 Å². The number of hydrogen-bond donors (Lipinski definition) is 1. The summed E-state index contributed by atoms with van der Waals surface area (Å²) in [5.41, 5.74) is -0.835. The molecule has 0 spiro atoms. The molecule has 1 atom stereocenters. The number of nitrogens with zero attached hydrogens (tertiary/aromatic N) is 2. The van der Waals surface area contributed by atoms with Crippen LogP contribution in [0.2, 0.25) is 0 Å². The summed E-state index contributed by atoms with van der Waals surface area (Å²) < 4.78 is 6.52. The lowest BCUT2D eigenvalue weighted by Gasteiger charge is -2.10. The quantitative estimate of drug-likeness (QED) is 0.788. The molecule has 1 fully saturated rings. The summed E-state index contributed by atoms with van der Waals surface area (Å²) in [5, 5.41) is 12.6. The lowest BCUT2D eigenvalue weighted by molar-refractivity contribution is 0.0689. The highest BCUT2D eigenvalue weighted by Crippen LogP contribution is 2.12. The molecule has 1 aromatic heterocycles. The van der Waals surface area contributed by atoms with Crippen molar-refractivity contribution < 1.29 is 14.6 Å². The van der Waals surface area contributed by atoms with Gasteiger partial charge in [-0.15, -0.1) is 0 Å². The number of hydrogen-bond acceptors (Lipinski definition) is 4. The van der Waals surface area contributed by atoms with Crippen molar-refractivity contribution in [3.05, 3.63) is 28.2 Å². The molecule has 86 valence electrons. The Morgan fingerprint density at radius 2 is 2.50 bits per heavy atom. The molecule has 1 saturated heterocycles. The van der Waals surface area contributed by atoms with E-state index in [2.05, 4.69) is 5.10 Å². The van der Waals surface area contributed by atoms with Gasteiger partial charge in [0.15, 0.2) is 0 Å². The highest BCUT2D eigenvalue weighted by atomic mass is 16.5. The molecule has 1 aromatic rings. The fourth-order valence-electron chi connectivity index (χ4n) is 1.73. The van der Waals surface area contributed by atoms with Crippen LogP contribution in [0.5, 0.6) is 0 Å². The molecule has 2 heterocycles. The van der Waals surface area contributed by atoms with Gasteiger partial charge in [-0.3, -0.25) is 4.79 Å². The molecule has 0 radical (unpaired) electrons. The Hall–Kier alpha value is -1.69. The van der Waals surface area contributed by atoms with E-state index in [9.17, 15) is 9.59 Å². The summed E-state index contributed by atoms with van der Waals surface area (Å²) in [5.74, 6) is -1.23. The Kier molecular flexibility index (Phi) is 3.00. The standard InChI is InChI=1S/C10H12N2O4/c13-9-8(10(14)15)3-4-11-12(9)6-7-2-1-5-16-7/h3-4,7H,1-2,5-6H2,(H,14,15)/t7-/m0/s1. The fourth-order valence-corrected chi connectivity index (χ4v) is 1.73. The molecule has 6 nitrogen and oxygen atoms in total. The fraction of sp³-hybridized carbons (Fsp3) is 0.500. The van der Waals surface area contributed by atoms with Crippen LogP contribution in [0, 0.1) is 0 Å². The highest BCUT2D eigenvalue weighted by Gasteiger charge is 2.18. The molecule has 2 rings (SSSR count). The zero-order valence-corrected chi connectivity index (χ0v) is 8.63. The molecule has 1 N–H and O–H groups in total. The lowest BCUT2D eigenvalue weighted by atomic mass is 10.2. The van der Waals surface area contributed by atoms with E-state index in [1.54, 1.807) is 0 Å². The number of carbonyl (C=O) groups is 1. The predicted molar refractivity (Wildman–Crippen MR) is 54.4 cm³/mol. The Labute approximate surface area is 91.5 Å². The van der Waals surface area contributed by atoms with Crippen molar-refractivity contribution in [3.63, 3.8) is 0 Å². The Morgan fingerprint density at radius 1 is 1.69 bits per heavy atom. The molecule has 0 amide bonds. The minimum Gasteiger partial charge on any atom is -0.477 e. The van der Waals surface area contributed by atoms with Crippen LogP contribution in [0.4, 0.5) is 0 Å². The van der Waals surface area contributed by atoms with E-state index in [0.717, 1.165) is 17.5 Å². The van der Waals surface area contributed by atoms with E-state index >= 15 is 0 Å². The molecular weight excluding hydrogens is 212 g/mol. The number of rotatable bonds is 3. The van der Waals surface area contributed by atoms with Crippen molar-refractivity contribution >= 4 is 5.97 Å². The average molecular weight is 224 g/mol. The van der Waals surface area contributed by atoms with Crippen LogP contribution in [0.1, 0.15) is 23.2 Å². The summed E-state index contributed by atoms with van der Waals surface area (Å²) in [6, 6.07) is 1.21. The number of aromatic carboxylic acids is 1. The zero-order chi connectivity index (χ0) is 11.5. The number of carboxylic acids is 1. The minimum atomic E-state index is -1.23. The van der Waals surface area contributed by atoms with Crippen molar-refractivity contribution in [2.45, 2.75) is 25.5 Å². The van der Waals surface area contributed by atoms with Gasteiger partial charge < -0.3 is 9.84 Å². The lowest BCUT2D eigenvalue weighted by Crippen LogP contribution is -2.31. The van der Waals surface area contributed by atoms with Crippen molar-refractivity contribution in [1.82, 2.24) is 9.78 Å². The first-order valence-electron chi connectivity index (χ1n) is 5.09. The second kappa shape index (κ2) is 4.44. The maximum absolute atomic E-state index is 11.7. The Morgan fingerprint density at radius 3 is 3.12 bits per heavy atom. The third kappa shape index (κ3) is 2.11. The number of aromatic nitrogens is 2. The van der Waals surface area contributed by atoms with E-state index in [1.165, 1.54) is 12.3 Å². The van der Waals surface area contributed by atoms with E-state index < -0.39 is 11.5 Å². The Bertz CT molecular complexity index is 448. The van der Waals surface area contributed by atoms with E-state index in [-0.39, 0.29) is 11.7 Å². The van der Waals surface area contributed by atoms with Gasteiger partial charge in [-0.05, 0) is 18.9 Å². The van der Waals surface area contributed by atoms with Gasteiger partial charge in [0.05, 0.1) is 12.6 Å². The van der Waals surface area contributed by atoms with Gasteiger partial charge >= 0.3 is 5.97 Å². The summed E-state index contributed by atoms with van der Waals surface area (Å²) in [6.07, 6.45) is 3.14. The number of carboxylic acid groups (broad SMARTS) is 1. The van der Waals surface area contributed by atoms with Crippen LogP contribution in [0.3, 0.4) is 0 Å². The van der Waals surface area contributed by atoms with Gasteiger partial charge in [0.2, 0.25) is 0 Å². The maximum Gasteiger partial charge on any atom is 0.341 e. The normalized spacial score (nSPS) is 19.9. The zero-order valence-electron chi connectivity index (χ0n) is 8.63. The molecule has 0 aliphatic carbocycles. The molecule has 6 heteroatoms. The topological polar surface area (TPSA) is 81.4 Å². The van der Waals surface area contributed by atoms with Gasteiger partial charge in [-0.25, -0.2) is 9.48 Å². The summed E-state index contributed by atoms with van der Waals surface area (Å²) in [6.45, 7) is 1.01. The first-order chi connectivity index (χ1) is 7.68. The molecular formula is C10H12N2O4. The van der Waals surface area contributed by atoms with E-state index in [1.807, 2.05) is 0 Å². The number of ether oxygens (including phenoxy) is 1. The third-order valence-electron chi connectivity index (χ3n) is 2.54. The van der Waals surface area contributed by atoms with Crippen LogP contribution in [0.15, 0.2) is 17.1 Å². The first kappa shape index (κ1) is 10.8. The molecule has 0 unspecified atom stereocenters.